The Kier molecular flexibility index (Phi) is 43.7. The second-order valence-electron chi connectivity index (χ2n) is 18.5. The number of esters is 3. The third-order valence-corrected chi connectivity index (χ3v) is 12.1. The van der Waals surface area contributed by atoms with Crippen LogP contribution in [0.3, 0.4) is 0 Å². The molecule has 0 amide bonds. The molecule has 6 nitrogen and oxygen atoms in total. The molecule has 2 atom stereocenters. The maximum Gasteiger partial charge on any atom is 0.306 e. The largest absolute Gasteiger partial charge is 0.462 e. The first kappa shape index (κ1) is 56.4. The molecule has 0 fully saturated rings. The number of unbranched alkanes of at least 4 members (excludes halogenated alkanes) is 30. The SMILES string of the molecule is CCCCCCCCCCCCCCCC(=O)OC[C@@H](COC(=O)CCCCCCCCCCC(C)CC)OC(=O)CCCCCCCCCCCCCCC(C)C. The summed E-state index contributed by atoms with van der Waals surface area (Å²) < 4.78 is 16.8. The summed E-state index contributed by atoms with van der Waals surface area (Å²) in [6, 6.07) is 0. The Morgan fingerprint density at radius 1 is 0.362 bits per heavy atom. The Labute approximate surface area is 361 Å². The van der Waals surface area contributed by atoms with E-state index in [9.17, 15) is 14.4 Å². The van der Waals surface area contributed by atoms with Crippen molar-refractivity contribution >= 4 is 17.9 Å². The smallest absolute Gasteiger partial charge is 0.306 e. The van der Waals surface area contributed by atoms with Gasteiger partial charge in [0.1, 0.15) is 13.2 Å². The van der Waals surface area contributed by atoms with Crippen LogP contribution >= 0.6 is 0 Å². The summed E-state index contributed by atoms with van der Waals surface area (Å²) in [7, 11) is 0. The molecular formula is C52H100O6. The van der Waals surface area contributed by atoms with Gasteiger partial charge in [-0.3, -0.25) is 14.4 Å². The molecule has 0 bridgehead atoms. The number of rotatable bonds is 46. The van der Waals surface area contributed by atoms with Crippen LogP contribution in [0.1, 0.15) is 285 Å². The molecule has 344 valence electrons. The summed E-state index contributed by atoms with van der Waals surface area (Å²) in [5.41, 5.74) is 0. The Balaban J connectivity index is 4.33. The number of hydrogen-bond acceptors (Lipinski definition) is 6. The summed E-state index contributed by atoms with van der Waals surface area (Å²) in [6.07, 6.45) is 45.1. The van der Waals surface area contributed by atoms with Gasteiger partial charge >= 0.3 is 17.9 Å². The van der Waals surface area contributed by atoms with Crippen LogP contribution in [0.4, 0.5) is 0 Å². The lowest BCUT2D eigenvalue weighted by atomic mass is 9.99. The van der Waals surface area contributed by atoms with Gasteiger partial charge in [0.05, 0.1) is 0 Å². The molecule has 0 heterocycles. The summed E-state index contributed by atoms with van der Waals surface area (Å²) in [5, 5.41) is 0. The topological polar surface area (TPSA) is 78.9 Å². The van der Waals surface area contributed by atoms with Crippen LogP contribution in [0.5, 0.6) is 0 Å². The molecule has 58 heavy (non-hydrogen) atoms. The van der Waals surface area contributed by atoms with E-state index in [0.717, 1.165) is 69.6 Å². The van der Waals surface area contributed by atoms with E-state index >= 15 is 0 Å². The second kappa shape index (κ2) is 44.9. The Hall–Kier alpha value is -1.59. The van der Waals surface area contributed by atoms with Gasteiger partial charge in [-0.15, -0.1) is 0 Å². The Morgan fingerprint density at radius 2 is 0.655 bits per heavy atom. The van der Waals surface area contributed by atoms with E-state index in [-0.39, 0.29) is 31.1 Å². The minimum atomic E-state index is -0.762. The second-order valence-corrected chi connectivity index (χ2v) is 18.5. The average molecular weight is 821 g/mol. The van der Waals surface area contributed by atoms with Gasteiger partial charge in [-0.05, 0) is 31.1 Å². The number of ether oxygens (including phenoxy) is 3. The zero-order valence-corrected chi connectivity index (χ0v) is 39.7. The molecule has 0 aromatic rings. The fourth-order valence-corrected chi connectivity index (χ4v) is 7.78. The van der Waals surface area contributed by atoms with Crippen molar-refractivity contribution in [3.63, 3.8) is 0 Å². The van der Waals surface area contributed by atoms with Gasteiger partial charge in [0.2, 0.25) is 0 Å². The highest BCUT2D eigenvalue weighted by Crippen LogP contribution is 2.18. The molecule has 0 aliphatic carbocycles. The van der Waals surface area contributed by atoms with E-state index in [2.05, 4.69) is 34.6 Å². The number of carbonyl (C=O) groups is 3. The lowest BCUT2D eigenvalue weighted by Crippen LogP contribution is -2.30. The van der Waals surface area contributed by atoms with E-state index in [4.69, 9.17) is 14.2 Å². The molecule has 0 saturated heterocycles. The molecule has 0 aromatic carbocycles. The molecule has 6 heteroatoms. The van der Waals surface area contributed by atoms with Gasteiger partial charge in [-0.2, -0.15) is 0 Å². The maximum absolute atomic E-state index is 12.8. The predicted octanol–water partition coefficient (Wildman–Crippen LogP) is 16.5. The van der Waals surface area contributed by atoms with Gasteiger partial charge in [-0.1, -0.05) is 247 Å². The zero-order valence-electron chi connectivity index (χ0n) is 39.7. The van der Waals surface area contributed by atoms with Crippen molar-refractivity contribution in [1.29, 1.82) is 0 Å². The third kappa shape index (κ3) is 44.0. The quantitative estimate of drug-likeness (QED) is 0.0346. The molecule has 0 aliphatic rings. The summed E-state index contributed by atoms with van der Waals surface area (Å²) in [5.74, 6) is 0.831. The molecule has 0 aliphatic heterocycles. The fraction of sp³-hybridized carbons (Fsp3) is 0.942. The van der Waals surface area contributed by atoms with Crippen LogP contribution in [-0.4, -0.2) is 37.2 Å². The monoisotopic (exact) mass is 821 g/mol. The number of carbonyl (C=O) groups excluding carboxylic acids is 3. The summed E-state index contributed by atoms with van der Waals surface area (Å²) in [4.78, 5) is 37.9. The lowest BCUT2D eigenvalue weighted by Gasteiger charge is -2.18. The molecule has 1 unspecified atom stereocenters. The predicted molar refractivity (Wildman–Crippen MR) is 247 cm³/mol. The first-order valence-corrected chi connectivity index (χ1v) is 25.8. The highest BCUT2D eigenvalue weighted by atomic mass is 16.6. The average Bonchev–Trinajstić information content (AvgIpc) is 3.21. The minimum absolute atomic E-state index is 0.0639. The van der Waals surface area contributed by atoms with E-state index in [1.807, 2.05) is 0 Å². The third-order valence-electron chi connectivity index (χ3n) is 12.1. The van der Waals surface area contributed by atoms with Crippen molar-refractivity contribution in [1.82, 2.24) is 0 Å². The lowest BCUT2D eigenvalue weighted by molar-refractivity contribution is -0.167. The van der Waals surface area contributed by atoms with Gasteiger partial charge in [0, 0.05) is 19.3 Å². The zero-order chi connectivity index (χ0) is 42.6. The maximum atomic E-state index is 12.8. The van der Waals surface area contributed by atoms with E-state index < -0.39 is 6.10 Å². The van der Waals surface area contributed by atoms with E-state index in [1.54, 1.807) is 0 Å². The van der Waals surface area contributed by atoms with Crippen molar-refractivity contribution in [2.24, 2.45) is 11.8 Å². The minimum Gasteiger partial charge on any atom is -0.462 e. The first-order chi connectivity index (χ1) is 28.3. The highest BCUT2D eigenvalue weighted by molar-refractivity contribution is 5.71. The normalized spacial score (nSPS) is 12.5. The Bertz CT molecular complexity index is 887. The van der Waals surface area contributed by atoms with Crippen molar-refractivity contribution in [3.05, 3.63) is 0 Å². The summed E-state index contributed by atoms with van der Waals surface area (Å²) in [6.45, 7) is 11.4. The van der Waals surface area contributed by atoms with E-state index in [1.165, 1.54) is 173 Å². The van der Waals surface area contributed by atoms with Crippen LogP contribution in [0.25, 0.3) is 0 Å². The number of hydrogen-bond donors (Lipinski definition) is 0. The van der Waals surface area contributed by atoms with Crippen molar-refractivity contribution in [2.45, 2.75) is 291 Å². The molecular weight excluding hydrogens is 721 g/mol. The molecule has 0 aromatic heterocycles. The van der Waals surface area contributed by atoms with Crippen LogP contribution in [0, 0.1) is 11.8 Å². The summed E-state index contributed by atoms with van der Waals surface area (Å²) >= 11 is 0. The highest BCUT2D eigenvalue weighted by Gasteiger charge is 2.19. The van der Waals surface area contributed by atoms with Crippen molar-refractivity contribution in [2.75, 3.05) is 13.2 Å². The van der Waals surface area contributed by atoms with Gasteiger partial charge in [-0.25, -0.2) is 0 Å². The van der Waals surface area contributed by atoms with Crippen molar-refractivity contribution in [3.8, 4) is 0 Å². The van der Waals surface area contributed by atoms with Gasteiger partial charge < -0.3 is 14.2 Å². The fourth-order valence-electron chi connectivity index (χ4n) is 7.78. The standard InChI is InChI=1S/C52H100O6/c1-6-8-9-10-11-12-13-14-18-21-27-32-37-42-50(53)56-45-49(46-57-51(54)43-38-33-28-24-23-26-31-36-41-48(5)7-2)58-52(55)44-39-34-29-22-19-16-15-17-20-25-30-35-40-47(3)4/h47-49H,6-46H2,1-5H3/t48?,49-/m0/s1. The van der Waals surface area contributed by atoms with Gasteiger partial charge in [0.25, 0.3) is 0 Å². The molecule has 0 spiro atoms. The first-order valence-electron chi connectivity index (χ1n) is 25.8. The van der Waals surface area contributed by atoms with E-state index in [0.29, 0.717) is 19.3 Å². The van der Waals surface area contributed by atoms with Crippen LogP contribution < -0.4 is 0 Å². The molecule has 0 rings (SSSR count). The molecule has 0 saturated carbocycles. The molecule has 0 radical (unpaired) electrons. The van der Waals surface area contributed by atoms with Crippen molar-refractivity contribution < 1.29 is 28.6 Å². The van der Waals surface area contributed by atoms with Crippen LogP contribution in [-0.2, 0) is 28.6 Å². The van der Waals surface area contributed by atoms with Crippen LogP contribution in [0.2, 0.25) is 0 Å². The van der Waals surface area contributed by atoms with Gasteiger partial charge in [0.15, 0.2) is 6.10 Å². The molecule has 0 N–H and O–H groups in total. The Morgan fingerprint density at radius 3 is 0.983 bits per heavy atom. The van der Waals surface area contributed by atoms with Crippen LogP contribution in [0.15, 0.2) is 0 Å².